The molecular formula is C67H110O6. The van der Waals surface area contributed by atoms with Gasteiger partial charge in [0.15, 0.2) is 6.10 Å². The number of rotatable bonds is 53. The fourth-order valence-corrected chi connectivity index (χ4v) is 7.86. The second-order valence-electron chi connectivity index (χ2n) is 19.5. The first-order valence-electron chi connectivity index (χ1n) is 30.0. The number of esters is 3. The maximum Gasteiger partial charge on any atom is 0.306 e. The van der Waals surface area contributed by atoms with Gasteiger partial charge in [0.1, 0.15) is 13.2 Å². The van der Waals surface area contributed by atoms with Crippen molar-refractivity contribution < 1.29 is 28.6 Å². The molecule has 0 rings (SSSR count). The van der Waals surface area contributed by atoms with Gasteiger partial charge in [0.05, 0.1) is 0 Å². The first-order valence-corrected chi connectivity index (χ1v) is 30.0. The molecule has 414 valence electrons. The molecule has 0 heterocycles. The van der Waals surface area contributed by atoms with Crippen molar-refractivity contribution in [1.82, 2.24) is 0 Å². The molecule has 6 heteroatoms. The average molecular weight is 1010 g/mol. The van der Waals surface area contributed by atoms with Crippen molar-refractivity contribution in [3.63, 3.8) is 0 Å². The zero-order valence-electron chi connectivity index (χ0n) is 47.4. The lowest BCUT2D eigenvalue weighted by atomic mass is 10.1. The zero-order chi connectivity index (χ0) is 52.9. The van der Waals surface area contributed by atoms with Crippen molar-refractivity contribution >= 4 is 17.9 Å². The molecule has 0 bridgehead atoms. The van der Waals surface area contributed by atoms with Crippen LogP contribution in [-0.2, 0) is 28.6 Å². The number of unbranched alkanes of at least 4 members (excludes halogenated alkanes) is 22. The quantitative estimate of drug-likeness (QED) is 0.0261. The predicted molar refractivity (Wildman–Crippen MR) is 316 cm³/mol. The summed E-state index contributed by atoms with van der Waals surface area (Å²) in [6.45, 7) is 6.48. The van der Waals surface area contributed by atoms with E-state index in [4.69, 9.17) is 14.2 Å². The van der Waals surface area contributed by atoms with E-state index in [9.17, 15) is 14.4 Å². The minimum atomic E-state index is -0.820. The molecule has 0 unspecified atom stereocenters. The summed E-state index contributed by atoms with van der Waals surface area (Å²) in [5, 5.41) is 0. The van der Waals surface area contributed by atoms with Crippen molar-refractivity contribution in [3.05, 3.63) is 122 Å². The third kappa shape index (κ3) is 58.6. The van der Waals surface area contributed by atoms with Crippen molar-refractivity contribution in [2.45, 2.75) is 271 Å². The fourth-order valence-electron chi connectivity index (χ4n) is 7.86. The summed E-state index contributed by atoms with van der Waals surface area (Å²) in [4.78, 5) is 38.2. The van der Waals surface area contributed by atoms with Crippen LogP contribution in [-0.4, -0.2) is 37.2 Å². The monoisotopic (exact) mass is 1010 g/mol. The van der Waals surface area contributed by atoms with Crippen LogP contribution in [0, 0.1) is 0 Å². The van der Waals surface area contributed by atoms with Gasteiger partial charge in [0.2, 0.25) is 0 Å². The van der Waals surface area contributed by atoms with Gasteiger partial charge < -0.3 is 14.2 Å². The number of carbonyl (C=O) groups excluding carboxylic acids is 3. The molecule has 0 aliphatic carbocycles. The van der Waals surface area contributed by atoms with E-state index in [0.717, 1.165) is 96.3 Å². The molecule has 0 saturated heterocycles. The first kappa shape index (κ1) is 68.8. The number of allylic oxidation sites excluding steroid dienone is 20. The maximum absolute atomic E-state index is 12.9. The summed E-state index contributed by atoms with van der Waals surface area (Å²) in [6.07, 6.45) is 83.3. The van der Waals surface area contributed by atoms with Crippen LogP contribution < -0.4 is 0 Å². The van der Waals surface area contributed by atoms with Gasteiger partial charge in [-0.2, -0.15) is 0 Å². The molecule has 0 aromatic heterocycles. The fraction of sp³-hybridized carbons (Fsp3) is 0.657. The Morgan fingerprint density at radius 3 is 0.836 bits per heavy atom. The molecule has 0 N–H and O–H groups in total. The lowest BCUT2D eigenvalue weighted by Crippen LogP contribution is -2.30. The highest BCUT2D eigenvalue weighted by Gasteiger charge is 2.19. The first-order chi connectivity index (χ1) is 36.0. The standard InChI is InChI=1S/C67H110O6/c1-4-7-10-13-16-19-22-25-28-31-33-36-39-42-45-48-51-54-57-60-66(69)72-63-64(62-71-65(68)59-56-53-50-47-44-41-38-35-30-27-24-21-18-15-12-9-6-3)73-67(70)61-58-55-52-49-46-43-40-37-34-32-29-26-23-20-17-14-11-8-5-2/h16-21,25-30,33,36,38,41-42,45,47,50,64H,4-15,22-24,31-32,34-35,37,39-40,43-44,46,48-49,51-63H2,1-3H3/b19-16+,20-17+,21-18+,28-25+,29-26+,30-27+,36-33+,41-38+,45-42+,50-47+/t64-/m1/s1. The van der Waals surface area contributed by atoms with Crippen LogP contribution in [0.3, 0.4) is 0 Å². The maximum atomic E-state index is 12.9. The predicted octanol–water partition coefficient (Wildman–Crippen LogP) is 20.4. The lowest BCUT2D eigenvalue weighted by Gasteiger charge is -2.18. The van der Waals surface area contributed by atoms with Crippen LogP contribution >= 0.6 is 0 Å². The molecule has 6 nitrogen and oxygen atoms in total. The SMILES string of the molecule is CCCCC/C=C/C/C=C/C/C=C/C/C=C/CCCCCC(=O)OC[C@@H](COC(=O)CCC/C=C/C/C=C/C/C=C/C/C=C/CCCCC)OC(=O)CCCCCCCCCCC/C=C/C/C=C/CCCCC. The average Bonchev–Trinajstić information content (AvgIpc) is 3.39. The van der Waals surface area contributed by atoms with Gasteiger partial charge >= 0.3 is 17.9 Å². The van der Waals surface area contributed by atoms with E-state index in [0.29, 0.717) is 19.3 Å². The molecular weight excluding hydrogens is 901 g/mol. The molecule has 0 aromatic rings. The molecule has 0 radical (unpaired) electrons. The van der Waals surface area contributed by atoms with E-state index in [1.807, 2.05) is 0 Å². The van der Waals surface area contributed by atoms with Crippen molar-refractivity contribution in [3.8, 4) is 0 Å². The summed E-state index contributed by atoms with van der Waals surface area (Å²) in [6, 6.07) is 0. The van der Waals surface area contributed by atoms with Gasteiger partial charge in [-0.05, 0) is 135 Å². The minimum Gasteiger partial charge on any atom is -0.462 e. The second kappa shape index (κ2) is 60.4. The molecule has 1 atom stereocenters. The van der Waals surface area contributed by atoms with Crippen LogP contribution in [0.15, 0.2) is 122 Å². The van der Waals surface area contributed by atoms with Gasteiger partial charge in [-0.1, -0.05) is 232 Å². The van der Waals surface area contributed by atoms with Crippen LogP contribution in [0.5, 0.6) is 0 Å². The summed E-state index contributed by atoms with van der Waals surface area (Å²) < 4.78 is 16.8. The Labute approximate surface area is 450 Å². The highest BCUT2D eigenvalue weighted by atomic mass is 16.6. The Morgan fingerprint density at radius 1 is 0.274 bits per heavy atom. The molecule has 0 fully saturated rings. The van der Waals surface area contributed by atoms with E-state index in [1.165, 1.54) is 122 Å². The van der Waals surface area contributed by atoms with Crippen molar-refractivity contribution in [2.24, 2.45) is 0 Å². The van der Waals surface area contributed by atoms with Gasteiger partial charge in [-0.15, -0.1) is 0 Å². The summed E-state index contributed by atoms with van der Waals surface area (Å²) in [7, 11) is 0. The normalized spacial score (nSPS) is 13.0. The van der Waals surface area contributed by atoms with E-state index < -0.39 is 6.10 Å². The van der Waals surface area contributed by atoms with Gasteiger partial charge in [-0.3, -0.25) is 14.4 Å². The number of ether oxygens (including phenoxy) is 3. The Balaban J connectivity index is 4.54. The van der Waals surface area contributed by atoms with Crippen LogP contribution in [0.1, 0.15) is 265 Å². The van der Waals surface area contributed by atoms with E-state index in [-0.39, 0.29) is 37.5 Å². The molecule has 0 aromatic carbocycles. The smallest absolute Gasteiger partial charge is 0.306 e. The number of hydrogen-bond acceptors (Lipinski definition) is 6. The van der Waals surface area contributed by atoms with Crippen molar-refractivity contribution in [2.75, 3.05) is 13.2 Å². The third-order valence-electron chi connectivity index (χ3n) is 12.4. The number of carbonyl (C=O) groups is 3. The van der Waals surface area contributed by atoms with E-state index in [2.05, 4.69) is 142 Å². The summed E-state index contributed by atoms with van der Waals surface area (Å²) in [5.74, 6) is -1.00. The van der Waals surface area contributed by atoms with Gasteiger partial charge in [0, 0.05) is 19.3 Å². The molecule has 0 aliphatic rings. The highest BCUT2D eigenvalue weighted by Crippen LogP contribution is 2.14. The van der Waals surface area contributed by atoms with Gasteiger partial charge in [0.25, 0.3) is 0 Å². The third-order valence-corrected chi connectivity index (χ3v) is 12.4. The molecule has 73 heavy (non-hydrogen) atoms. The summed E-state index contributed by atoms with van der Waals surface area (Å²) >= 11 is 0. The van der Waals surface area contributed by atoms with Crippen molar-refractivity contribution in [1.29, 1.82) is 0 Å². The minimum absolute atomic E-state index is 0.116. The Kier molecular flexibility index (Phi) is 56.9. The molecule has 0 aliphatic heterocycles. The highest BCUT2D eigenvalue weighted by molar-refractivity contribution is 5.71. The topological polar surface area (TPSA) is 78.9 Å². The van der Waals surface area contributed by atoms with Gasteiger partial charge in [-0.25, -0.2) is 0 Å². The van der Waals surface area contributed by atoms with Crippen LogP contribution in [0.2, 0.25) is 0 Å². The Morgan fingerprint density at radius 2 is 0.507 bits per heavy atom. The summed E-state index contributed by atoms with van der Waals surface area (Å²) in [5.41, 5.74) is 0. The van der Waals surface area contributed by atoms with E-state index >= 15 is 0 Å². The number of hydrogen-bond donors (Lipinski definition) is 0. The Hall–Kier alpha value is -4.19. The lowest BCUT2D eigenvalue weighted by molar-refractivity contribution is -0.167. The molecule has 0 saturated carbocycles. The zero-order valence-corrected chi connectivity index (χ0v) is 47.4. The van der Waals surface area contributed by atoms with Crippen LogP contribution in [0.4, 0.5) is 0 Å². The Bertz CT molecular complexity index is 1540. The van der Waals surface area contributed by atoms with E-state index in [1.54, 1.807) is 0 Å². The van der Waals surface area contributed by atoms with Crippen LogP contribution in [0.25, 0.3) is 0 Å². The second-order valence-corrected chi connectivity index (χ2v) is 19.5. The molecule has 0 spiro atoms. The molecule has 0 amide bonds. The largest absolute Gasteiger partial charge is 0.462 e.